The van der Waals surface area contributed by atoms with Crippen LogP contribution in [0.25, 0.3) is 11.0 Å². The van der Waals surface area contributed by atoms with E-state index in [9.17, 15) is 31.9 Å². The Morgan fingerprint density at radius 1 is 1.15 bits per heavy atom. The normalized spacial score (nSPS) is 20.7. The van der Waals surface area contributed by atoms with Gasteiger partial charge >= 0.3 is 12.1 Å². The smallest absolute Gasteiger partial charge is 0.460 e. The van der Waals surface area contributed by atoms with Gasteiger partial charge in [-0.05, 0) is 6.07 Å². The Kier molecular flexibility index (Phi) is 3.83. The summed E-state index contributed by atoms with van der Waals surface area (Å²) in [7, 11) is 2.22. The molecule has 0 spiro atoms. The van der Waals surface area contributed by atoms with E-state index in [2.05, 4.69) is 4.74 Å². The third kappa shape index (κ3) is 2.23. The number of Topliss-reactive ketones (excluding diaryl/α,β-unsaturated/α-hetero) is 1. The largest absolute Gasteiger partial charge is 0.495 e. The Bertz CT molecular complexity index is 887. The first-order chi connectivity index (χ1) is 12.0. The first-order valence-corrected chi connectivity index (χ1v) is 7.02. The van der Waals surface area contributed by atoms with Crippen LogP contribution in [0.4, 0.5) is 22.0 Å². The number of carbonyl (C=O) groups is 1. The topological polar surface area (TPSA) is 78.1 Å². The quantitative estimate of drug-likeness (QED) is 0.821. The zero-order valence-corrected chi connectivity index (χ0v) is 13.2. The molecule has 26 heavy (non-hydrogen) atoms. The first kappa shape index (κ1) is 18.2. The number of halogens is 5. The SMILES string of the molecule is COc1c2c(c(OC)c3occc13)O[C@](O)(C(F)(F)C(F)(F)F)CC2=O. The Morgan fingerprint density at radius 2 is 1.77 bits per heavy atom. The maximum atomic E-state index is 13.8. The molecule has 0 aliphatic carbocycles. The highest BCUT2D eigenvalue weighted by Crippen LogP contribution is 2.54. The second-order valence-electron chi connectivity index (χ2n) is 5.49. The van der Waals surface area contributed by atoms with Crippen LogP contribution < -0.4 is 14.2 Å². The fraction of sp³-hybridized carbons (Fsp3) is 0.400. The molecule has 0 amide bonds. The van der Waals surface area contributed by atoms with E-state index in [0.29, 0.717) is 0 Å². The summed E-state index contributed by atoms with van der Waals surface area (Å²) < 4.78 is 85.5. The number of aliphatic hydroxyl groups is 1. The lowest BCUT2D eigenvalue weighted by atomic mass is 9.92. The van der Waals surface area contributed by atoms with Crippen molar-refractivity contribution in [3.63, 3.8) is 0 Å². The molecule has 0 saturated carbocycles. The number of hydrogen-bond acceptors (Lipinski definition) is 6. The van der Waals surface area contributed by atoms with Crippen molar-refractivity contribution in [3.8, 4) is 17.2 Å². The number of ketones is 1. The van der Waals surface area contributed by atoms with E-state index in [1.807, 2.05) is 0 Å². The minimum atomic E-state index is -6.16. The Hall–Kier alpha value is -2.56. The van der Waals surface area contributed by atoms with Crippen molar-refractivity contribution >= 4 is 16.8 Å². The van der Waals surface area contributed by atoms with Crippen molar-refractivity contribution < 1.29 is 50.5 Å². The maximum Gasteiger partial charge on any atom is 0.460 e. The van der Waals surface area contributed by atoms with E-state index in [1.54, 1.807) is 0 Å². The van der Waals surface area contributed by atoms with Crippen molar-refractivity contribution in [2.75, 3.05) is 14.2 Å². The van der Waals surface area contributed by atoms with Crippen LogP contribution in [0, 0.1) is 0 Å². The number of alkyl halides is 5. The summed E-state index contributed by atoms with van der Waals surface area (Å²) in [6.07, 6.45) is -6.64. The summed E-state index contributed by atoms with van der Waals surface area (Å²) in [5.41, 5.74) is -0.545. The highest BCUT2D eigenvalue weighted by molar-refractivity contribution is 6.10. The van der Waals surface area contributed by atoms with Gasteiger partial charge in [0.05, 0.1) is 32.3 Å². The minimum absolute atomic E-state index is 0.115. The van der Waals surface area contributed by atoms with Crippen LogP contribution in [-0.4, -0.2) is 43.0 Å². The van der Waals surface area contributed by atoms with Crippen molar-refractivity contribution in [2.24, 2.45) is 0 Å². The van der Waals surface area contributed by atoms with Crippen LogP contribution in [0.3, 0.4) is 0 Å². The number of furan rings is 1. The summed E-state index contributed by atoms with van der Waals surface area (Å²) in [6, 6.07) is 1.38. The average molecular weight is 382 g/mol. The number of ether oxygens (including phenoxy) is 3. The molecule has 1 aromatic carbocycles. The van der Waals surface area contributed by atoms with Crippen LogP contribution in [-0.2, 0) is 0 Å². The third-order valence-corrected chi connectivity index (χ3v) is 3.98. The van der Waals surface area contributed by atoms with Gasteiger partial charge in [0, 0.05) is 0 Å². The number of fused-ring (bicyclic) bond motifs is 2. The Morgan fingerprint density at radius 3 is 2.31 bits per heavy atom. The van der Waals surface area contributed by atoms with Gasteiger partial charge < -0.3 is 23.7 Å². The van der Waals surface area contributed by atoms with Gasteiger partial charge in [-0.1, -0.05) is 0 Å². The van der Waals surface area contributed by atoms with Crippen LogP contribution in [0.5, 0.6) is 17.2 Å². The monoisotopic (exact) mass is 382 g/mol. The molecule has 0 saturated heterocycles. The molecule has 1 aromatic heterocycles. The minimum Gasteiger partial charge on any atom is -0.495 e. The molecule has 1 aliphatic heterocycles. The molecule has 11 heteroatoms. The average Bonchev–Trinajstić information content (AvgIpc) is 3.00. The van der Waals surface area contributed by atoms with E-state index < -0.39 is 47.2 Å². The van der Waals surface area contributed by atoms with E-state index in [4.69, 9.17) is 13.9 Å². The molecular weight excluding hydrogens is 371 g/mol. The zero-order chi connectivity index (χ0) is 19.5. The molecule has 0 bridgehead atoms. The predicted octanol–water partition coefficient (Wildman–Crippen LogP) is 3.30. The van der Waals surface area contributed by atoms with Crippen LogP contribution in [0.1, 0.15) is 16.8 Å². The van der Waals surface area contributed by atoms with Crippen LogP contribution in [0.15, 0.2) is 16.7 Å². The number of carbonyl (C=O) groups excluding carboxylic acids is 1. The third-order valence-electron chi connectivity index (χ3n) is 3.98. The Labute approximate surface area is 142 Å². The van der Waals surface area contributed by atoms with Gasteiger partial charge in [-0.25, -0.2) is 0 Å². The molecule has 0 radical (unpaired) electrons. The Balaban J connectivity index is 2.30. The molecule has 3 rings (SSSR count). The number of rotatable bonds is 3. The molecule has 142 valence electrons. The molecule has 0 unspecified atom stereocenters. The maximum absolute atomic E-state index is 13.8. The first-order valence-electron chi connectivity index (χ1n) is 7.02. The molecular formula is C15H11F5O6. The lowest BCUT2D eigenvalue weighted by Crippen LogP contribution is -2.62. The molecule has 6 nitrogen and oxygen atoms in total. The summed E-state index contributed by atoms with van der Waals surface area (Å²) in [6.45, 7) is 0. The summed E-state index contributed by atoms with van der Waals surface area (Å²) in [4.78, 5) is 12.4. The molecule has 0 fully saturated rings. The molecule has 1 atom stereocenters. The van der Waals surface area contributed by atoms with Crippen molar-refractivity contribution in [3.05, 3.63) is 17.9 Å². The lowest BCUT2D eigenvalue weighted by molar-refractivity contribution is -0.384. The molecule has 1 aliphatic rings. The second kappa shape index (κ2) is 5.47. The van der Waals surface area contributed by atoms with Crippen molar-refractivity contribution in [2.45, 2.75) is 24.3 Å². The molecule has 1 N–H and O–H groups in total. The highest BCUT2D eigenvalue weighted by atomic mass is 19.4. The van der Waals surface area contributed by atoms with Crippen LogP contribution >= 0.6 is 0 Å². The fourth-order valence-electron chi connectivity index (χ4n) is 2.77. The fourth-order valence-corrected chi connectivity index (χ4v) is 2.77. The van der Waals surface area contributed by atoms with Gasteiger partial charge in [-0.2, -0.15) is 22.0 Å². The number of benzene rings is 1. The van der Waals surface area contributed by atoms with E-state index >= 15 is 0 Å². The molecule has 2 aromatic rings. The van der Waals surface area contributed by atoms with Gasteiger partial charge in [0.2, 0.25) is 5.75 Å². The van der Waals surface area contributed by atoms with Gasteiger partial charge in [0.1, 0.15) is 11.3 Å². The van der Waals surface area contributed by atoms with E-state index in [1.165, 1.54) is 12.3 Å². The van der Waals surface area contributed by atoms with E-state index in [0.717, 1.165) is 14.2 Å². The van der Waals surface area contributed by atoms with Crippen molar-refractivity contribution in [1.29, 1.82) is 0 Å². The van der Waals surface area contributed by atoms with Crippen molar-refractivity contribution in [1.82, 2.24) is 0 Å². The highest BCUT2D eigenvalue weighted by Gasteiger charge is 2.74. The predicted molar refractivity (Wildman–Crippen MR) is 74.8 cm³/mol. The van der Waals surface area contributed by atoms with Gasteiger partial charge in [-0.15, -0.1) is 0 Å². The summed E-state index contributed by atoms with van der Waals surface area (Å²) in [5, 5.41) is 10.1. The standard InChI is InChI=1S/C15H11F5O6/c1-23-9-6-3-4-25-10(6)12(24-2)11-8(9)7(21)5-13(22,26-11)14(16,17)15(18,19)20/h3-4,22H,5H2,1-2H3/t13-/m0/s1. The number of hydrogen-bond donors (Lipinski definition) is 1. The van der Waals surface area contributed by atoms with Gasteiger partial charge in [0.15, 0.2) is 17.1 Å². The zero-order valence-electron chi connectivity index (χ0n) is 13.2. The summed E-state index contributed by atoms with van der Waals surface area (Å²) >= 11 is 0. The lowest BCUT2D eigenvalue weighted by Gasteiger charge is -2.39. The van der Waals surface area contributed by atoms with Gasteiger partial charge in [-0.3, -0.25) is 4.79 Å². The second-order valence-corrected chi connectivity index (χ2v) is 5.49. The molecule has 2 heterocycles. The van der Waals surface area contributed by atoms with Crippen LogP contribution in [0.2, 0.25) is 0 Å². The number of methoxy groups -OCH3 is 2. The summed E-state index contributed by atoms with van der Waals surface area (Å²) in [5.74, 6) is -12.5. The van der Waals surface area contributed by atoms with E-state index in [-0.39, 0.29) is 16.7 Å². The van der Waals surface area contributed by atoms with Gasteiger partial charge in [0.25, 0.3) is 5.79 Å².